The van der Waals surface area contributed by atoms with Crippen molar-refractivity contribution in [2.24, 2.45) is 0 Å². The summed E-state index contributed by atoms with van der Waals surface area (Å²) < 4.78 is 5.46. The molecule has 0 unspecified atom stereocenters. The Kier molecular flexibility index (Phi) is 4.68. The van der Waals surface area contributed by atoms with Crippen molar-refractivity contribution in [1.29, 1.82) is 0 Å². The van der Waals surface area contributed by atoms with Crippen molar-refractivity contribution >= 4 is 43.5 Å². The predicted octanol–water partition coefficient (Wildman–Crippen LogP) is 8.43. The highest BCUT2D eigenvalue weighted by Crippen LogP contribution is 2.44. The standard InChI is InChI=1S/C33H22N2O/c1-36-26-16-14-22(15-17-26)30-28-20-24-9-4-5-11-29(24)35-32(28)27-10-6-18-34-33(27)31(30)25-13-12-21-7-2-3-8-23(21)19-25/h2-20H,1H3. The molecular weight excluding hydrogens is 440 g/mol. The summed E-state index contributed by atoms with van der Waals surface area (Å²) in [6.07, 6.45) is 1.87. The number of para-hydroxylation sites is 1. The molecule has 0 fully saturated rings. The van der Waals surface area contributed by atoms with Crippen molar-refractivity contribution < 1.29 is 4.74 Å². The van der Waals surface area contributed by atoms with Crippen LogP contribution in [0.1, 0.15) is 0 Å². The predicted molar refractivity (Wildman–Crippen MR) is 149 cm³/mol. The molecule has 0 amide bonds. The molecule has 7 rings (SSSR count). The van der Waals surface area contributed by atoms with E-state index in [2.05, 4.69) is 84.9 Å². The van der Waals surface area contributed by atoms with E-state index in [-0.39, 0.29) is 0 Å². The molecule has 2 aromatic heterocycles. The summed E-state index contributed by atoms with van der Waals surface area (Å²) in [4.78, 5) is 10.1. The van der Waals surface area contributed by atoms with Crippen molar-refractivity contribution in [2.75, 3.05) is 7.11 Å². The van der Waals surface area contributed by atoms with Gasteiger partial charge in [0.05, 0.1) is 23.7 Å². The average Bonchev–Trinajstić information content (AvgIpc) is 2.95. The smallest absolute Gasteiger partial charge is 0.118 e. The van der Waals surface area contributed by atoms with Crippen LogP contribution in [0.25, 0.3) is 65.7 Å². The lowest BCUT2D eigenvalue weighted by atomic mass is 9.87. The average molecular weight is 463 g/mol. The normalized spacial score (nSPS) is 11.5. The van der Waals surface area contributed by atoms with Crippen LogP contribution in [-0.2, 0) is 0 Å². The van der Waals surface area contributed by atoms with E-state index >= 15 is 0 Å². The highest BCUT2D eigenvalue weighted by atomic mass is 16.5. The zero-order valence-electron chi connectivity index (χ0n) is 19.8. The summed E-state index contributed by atoms with van der Waals surface area (Å²) in [5.41, 5.74) is 7.39. The number of nitrogens with zero attached hydrogens (tertiary/aromatic N) is 2. The fourth-order valence-electron chi connectivity index (χ4n) is 5.24. The number of aromatic nitrogens is 2. The number of rotatable bonds is 3. The largest absolute Gasteiger partial charge is 0.497 e. The number of pyridine rings is 2. The van der Waals surface area contributed by atoms with Gasteiger partial charge in [-0.15, -0.1) is 0 Å². The number of hydrogen-bond acceptors (Lipinski definition) is 3. The molecule has 170 valence electrons. The van der Waals surface area contributed by atoms with Crippen molar-refractivity contribution in [1.82, 2.24) is 9.97 Å². The lowest BCUT2D eigenvalue weighted by Gasteiger charge is -2.18. The van der Waals surface area contributed by atoms with Crippen molar-refractivity contribution in [3.05, 3.63) is 115 Å². The van der Waals surface area contributed by atoms with Gasteiger partial charge >= 0.3 is 0 Å². The fraction of sp³-hybridized carbons (Fsp3) is 0.0303. The summed E-state index contributed by atoms with van der Waals surface area (Å²) >= 11 is 0. The molecule has 0 radical (unpaired) electrons. The minimum absolute atomic E-state index is 0.831. The molecule has 36 heavy (non-hydrogen) atoms. The monoisotopic (exact) mass is 462 g/mol. The molecule has 0 saturated heterocycles. The summed E-state index contributed by atoms with van der Waals surface area (Å²) in [5, 5.41) is 5.71. The number of methoxy groups -OCH3 is 1. The zero-order valence-corrected chi connectivity index (χ0v) is 19.8. The van der Waals surface area contributed by atoms with Gasteiger partial charge in [-0.05, 0) is 64.4 Å². The maximum atomic E-state index is 5.46. The second-order valence-electron chi connectivity index (χ2n) is 9.02. The molecule has 0 aliphatic carbocycles. The molecule has 0 aliphatic heterocycles. The number of fused-ring (bicyclic) bond motifs is 5. The Balaban J connectivity index is 1.69. The molecule has 5 aromatic carbocycles. The van der Waals surface area contributed by atoms with Crippen LogP contribution < -0.4 is 4.74 Å². The van der Waals surface area contributed by atoms with Crippen molar-refractivity contribution in [3.8, 4) is 28.0 Å². The van der Waals surface area contributed by atoms with Gasteiger partial charge in [0, 0.05) is 33.5 Å². The van der Waals surface area contributed by atoms with E-state index in [1.165, 1.54) is 10.8 Å². The van der Waals surface area contributed by atoms with Gasteiger partial charge in [0.1, 0.15) is 5.75 Å². The minimum Gasteiger partial charge on any atom is -0.497 e. The number of ether oxygens (including phenoxy) is 1. The van der Waals surface area contributed by atoms with Gasteiger partial charge in [-0.2, -0.15) is 0 Å². The number of hydrogen-bond donors (Lipinski definition) is 0. The van der Waals surface area contributed by atoms with Gasteiger partial charge in [0.2, 0.25) is 0 Å². The molecule has 0 spiro atoms. The third-order valence-corrected chi connectivity index (χ3v) is 6.96. The van der Waals surface area contributed by atoms with E-state index in [1.54, 1.807) is 7.11 Å². The molecule has 7 aromatic rings. The molecule has 0 saturated carbocycles. The maximum Gasteiger partial charge on any atom is 0.118 e. The number of benzene rings is 5. The zero-order chi connectivity index (χ0) is 24.1. The van der Waals surface area contributed by atoms with Crippen LogP contribution in [0.4, 0.5) is 0 Å². The highest BCUT2D eigenvalue weighted by molar-refractivity contribution is 6.21. The van der Waals surface area contributed by atoms with Crippen molar-refractivity contribution in [2.45, 2.75) is 0 Å². The second kappa shape index (κ2) is 8.17. The molecule has 3 heteroatoms. The van der Waals surface area contributed by atoms with Gasteiger partial charge in [-0.3, -0.25) is 4.98 Å². The summed E-state index contributed by atoms with van der Waals surface area (Å²) in [5.74, 6) is 0.831. The molecular formula is C33H22N2O. The third kappa shape index (κ3) is 3.21. The molecule has 0 atom stereocenters. The Morgan fingerprint density at radius 3 is 2.14 bits per heavy atom. The lowest BCUT2D eigenvalue weighted by Crippen LogP contribution is -1.95. The first-order chi connectivity index (χ1) is 17.8. The molecule has 3 nitrogen and oxygen atoms in total. The Morgan fingerprint density at radius 1 is 0.556 bits per heavy atom. The van der Waals surface area contributed by atoms with Crippen LogP contribution in [0.5, 0.6) is 5.75 Å². The first kappa shape index (κ1) is 20.6. The van der Waals surface area contributed by atoms with Crippen LogP contribution in [-0.4, -0.2) is 17.1 Å². The van der Waals surface area contributed by atoms with E-state index in [1.807, 2.05) is 30.5 Å². The maximum absolute atomic E-state index is 5.46. The molecule has 0 bridgehead atoms. The fourth-order valence-corrected chi connectivity index (χ4v) is 5.24. The van der Waals surface area contributed by atoms with Gasteiger partial charge in [-0.25, -0.2) is 4.98 Å². The Bertz CT molecular complexity index is 1920. The Labute approximate surface area is 208 Å². The van der Waals surface area contributed by atoms with Crippen molar-refractivity contribution in [3.63, 3.8) is 0 Å². The molecule has 0 N–H and O–H groups in total. The van der Waals surface area contributed by atoms with Gasteiger partial charge in [-0.1, -0.05) is 66.7 Å². The second-order valence-corrected chi connectivity index (χ2v) is 9.02. The first-order valence-corrected chi connectivity index (χ1v) is 12.0. The highest BCUT2D eigenvalue weighted by Gasteiger charge is 2.20. The van der Waals surface area contributed by atoms with E-state index in [4.69, 9.17) is 14.7 Å². The van der Waals surface area contributed by atoms with Crippen LogP contribution in [0.15, 0.2) is 115 Å². The molecule has 2 heterocycles. The summed E-state index contributed by atoms with van der Waals surface area (Å²) in [6.45, 7) is 0. The van der Waals surface area contributed by atoms with Crippen LogP contribution >= 0.6 is 0 Å². The van der Waals surface area contributed by atoms with E-state index in [0.717, 1.165) is 60.7 Å². The summed E-state index contributed by atoms with van der Waals surface area (Å²) in [7, 11) is 1.70. The van der Waals surface area contributed by atoms with Crippen LogP contribution in [0, 0.1) is 0 Å². The van der Waals surface area contributed by atoms with Crippen LogP contribution in [0.3, 0.4) is 0 Å². The third-order valence-electron chi connectivity index (χ3n) is 6.96. The van der Waals surface area contributed by atoms with E-state index in [9.17, 15) is 0 Å². The Hall–Kier alpha value is -4.76. The topological polar surface area (TPSA) is 35.0 Å². The van der Waals surface area contributed by atoms with Gasteiger partial charge in [0.15, 0.2) is 0 Å². The minimum atomic E-state index is 0.831. The quantitative estimate of drug-likeness (QED) is 0.195. The van der Waals surface area contributed by atoms with Crippen LogP contribution in [0.2, 0.25) is 0 Å². The first-order valence-electron chi connectivity index (χ1n) is 12.0. The molecule has 0 aliphatic rings. The van der Waals surface area contributed by atoms with Gasteiger partial charge < -0.3 is 4.74 Å². The lowest BCUT2D eigenvalue weighted by molar-refractivity contribution is 0.415. The SMILES string of the molecule is COc1ccc(-c2c(-c3ccc4ccccc4c3)c3ncccc3c3nc4ccccc4cc23)cc1. The van der Waals surface area contributed by atoms with E-state index in [0.29, 0.717) is 0 Å². The van der Waals surface area contributed by atoms with E-state index < -0.39 is 0 Å². The van der Waals surface area contributed by atoms with Gasteiger partial charge in [0.25, 0.3) is 0 Å². The summed E-state index contributed by atoms with van der Waals surface area (Å²) in [6, 6.07) is 38.1. The Morgan fingerprint density at radius 2 is 1.31 bits per heavy atom.